The molecule has 0 aliphatic carbocycles. The van der Waals surface area contributed by atoms with Crippen molar-refractivity contribution in [1.29, 1.82) is 0 Å². The van der Waals surface area contributed by atoms with Crippen molar-refractivity contribution in [2.45, 2.75) is 31.1 Å². The van der Waals surface area contributed by atoms with Gasteiger partial charge in [0.15, 0.2) is 0 Å². The predicted octanol–water partition coefficient (Wildman–Crippen LogP) is 4.68. The maximum absolute atomic E-state index is 13.3. The molecule has 0 saturated carbocycles. The zero-order chi connectivity index (χ0) is 22.1. The first kappa shape index (κ1) is 22.1. The lowest BCUT2D eigenvalue weighted by molar-refractivity contribution is 0.102. The number of rotatable bonds is 5. The molecule has 7 nitrogen and oxygen atoms in total. The fourth-order valence-electron chi connectivity index (χ4n) is 2.29. The Labute approximate surface area is 182 Å². The van der Waals surface area contributed by atoms with Gasteiger partial charge in [0.1, 0.15) is 10.8 Å². The quantitative estimate of drug-likeness (QED) is 0.566. The van der Waals surface area contributed by atoms with Crippen LogP contribution in [0.15, 0.2) is 47.4 Å². The summed E-state index contributed by atoms with van der Waals surface area (Å²) >= 11 is 6.94. The Morgan fingerprint density at radius 1 is 1.10 bits per heavy atom. The number of halogens is 2. The molecule has 0 saturated heterocycles. The smallest absolute Gasteiger partial charge is 0.261 e. The summed E-state index contributed by atoms with van der Waals surface area (Å²) in [4.78, 5) is 12.2. The lowest BCUT2D eigenvalue weighted by Gasteiger charge is -2.12. The van der Waals surface area contributed by atoms with E-state index in [9.17, 15) is 17.6 Å². The summed E-state index contributed by atoms with van der Waals surface area (Å²) in [6, 6.07) is 8.93. The molecule has 0 aliphatic heterocycles. The Hall–Kier alpha value is -2.56. The second-order valence-corrected chi connectivity index (χ2v) is 10.4. The number of benzene rings is 2. The summed E-state index contributed by atoms with van der Waals surface area (Å²) in [7, 11) is -3.96. The Balaban J connectivity index is 1.70. The van der Waals surface area contributed by atoms with E-state index in [1.165, 1.54) is 35.6 Å². The molecule has 11 heteroatoms. The van der Waals surface area contributed by atoms with E-state index >= 15 is 0 Å². The fraction of sp³-hybridized carbons (Fsp3) is 0.211. The van der Waals surface area contributed by atoms with Crippen molar-refractivity contribution in [3.63, 3.8) is 0 Å². The maximum atomic E-state index is 13.3. The molecule has 2 N–H and O–H groups in total. The van der Waals surface area contributed by atoms with E-state index in [2.05, 4.69) is 20.2 Å². The Morgan fingerprint density at radius 2 is 1.77 bits per heavy atom. The van der Waals surface area contributed by atoms with Crippen molar-refractivity contribution in [3.05, 3.63) is 63.9 Å². The van der Waals surface area contributed by atoms with Gasteiger partial charge in [-0.15, -0.1) is 10.2 Å². The molecule has 0 fully saturated rings. The van der Waals surface area contributed by atoms with Crippen molar-refractivity contribution in [2.75, 3.05) is 10.0 Å². The molecule has 0 aliphatic rings. The molecule has 0 spiro atoms. The molecular weight excluding hydrogens is 451 g/mol. The van der Waals surface area contributed by atoms with Gasteiger partial charge in [-0.1, -0.05) is 43.7 Å². The van der Waals surface area contributed by atoms with Crippen LogP contribution in [0.4, 0.5) is 15.2 Å². The lowest BCUT2D eigenvalue weighted by atomic mass is 9.98. The fourth-order valence-corrected chi connectivity index (χ4v) is 4.42. The number of nitrogens with one attached hydrogen (secondary N) is 2. The van der Waals surface area contributed by atoms with Crippen molar-refractivity contribution in [2.24, 2.45) is 0 Å². The molecule has 1 amide bonds. The van der Waals surface area contributed by atoms with Crippen LogP contribution < -0.4 is 10.0 Å². The van der Waals surface area contributed by atoms with E-state index in [-0.39, 0.29) is 21.0 Å². The van der Waals surface area contributed by atoms with E-state index in [1.54, 1.807) is 0 Å². The average molecular weight is 469 g/mol. The van der Waals surface area contributed by atoms with Gasteiger partial charge in [0.05, 0.1) is 9.92 Å². The van der Waals surface area contributed by atoms with E-state index < -0.39 is 21.7 Å². The van der Waals surface area contributed by atoms with Crippen molar-refractivity contribution < 1.29 is 17.6 Å². The summed E-state index contributed by atoms with van der Waals surface area (Å²) in [6.45, 7) is 6.00. The normalized spacial score (nSPS) is 11.9. The van der Waals surface area contributed by atoms with Crippen LogP contribution in [0.3, 0.4) is 0 Å². The highest BCUT2D eigenvalue weighted by Gasteiger charge is 2.20. The summed E-state index contributed by atoms with van der Waals surface area (Å²) in [5.41, 5.74) is 0.377. The second-order valence-electron chi connectivity index (χ2n) is 7.38. The average Bonchev–Trinajstić information content (AvgIpc) is 3.13. The third-order valence-electron chi connectivity index (χ3n) is 3.89. The Bertz CT molecular complexity index is 1190. The van der Waals surface area contributed by atoms with E-state index in [0.29, 0.717) is 10.7 Å². The molecule has 30 heavy (non-hydrogen) atoms. The van der Waals surface area contributed by atoms with Gasteiger partial charge in [0, 0.05) is 16.7 Å². The van der Waals surface area contributed by atoms with Crippen LogP contribution in [0.25, 0.3) is 0 Å². The molecule has 2 aromatic carbocycles. The first-order valence-electron chi connectivity index (χ1n) is 8.69. The van der Waals surface area contributed by atoms with Gasteiger partial charge < -0.3 is 0 Å². The van der Waals surface area contributed by atoms with E-state index in [4.69, 9.17) is 11.6 Å². The molecule has 0 radical (unpaired) electrons. The van der Waals surface area contributed by atoms with Gasteiger partial charge in [0.2, 0.25) is 5.13 Å². The van der Waals surface area contributed by atoms with Gasteiger partial charge in [-0.2, -0.15) is 0 Å². The summed E-state index contributed by atoms with van der Waals surface area (Å²) < 4.78 is 40.5. The standard InChI is InChI=1S/C19H18ClFN4O3S2/c1-19(2,3)17-23-24-18(29-17)22-16(26)11-4-6-12(7-5-11)25-30(27,28)13-8-9-15(21)14(20)10-13/h4-10,25H,1-3H3,(H,22,24,26). The number of carbonyl (C=O) groups excluding carboxylic acids is 1. The summed E-state index contributed by atoms with van der Waals surface area (Å²) in [5.74, 6) is -1.11. The number of nitrogens with zero attached hydrogens (tertiary/aromatic N) is 2. The molecule has 1 aromatic heterocycles. The highest BCUT2D eigenvalue weighted by atomic mass is 35.5. The monoisotopic (exact) mass is 468 g/mol. The molecule has 1 heterocycles. The van der Waals surface area contributed by atoms with Crippen LogP contribution in [-0.4, -0.2) is 24.5 Å². The minimum atomic E-state index is -3.96. The third-order valence-corrected chi connectivity index (χ3v) is 6.82. The topological polar surface area (TPSA) is 101 Å². The molecule has 158 valence electrons. The van der Waals surface area contributed by atoms with Gasteiger partial charge in [-0.05, 0) is 42.5 Å². The first-order chi connectivity index (χ1) is 14.0. The molecule has 0 atom stereocenters. The zero-order valence-electron chi connectivity index (χ0n) is 16.2. The molecule has 0 bridgehead atoms. The largest absolute Gasteiger partial charge is 0.296 e. The summed E-state index contributed by atoms with van der Waals surface area (Å²) in [6.07, 6.45) is 0. The number of hydrogen-bond donors (Lipinski definition) is 2. The number of aromatic nitrogens is 2. The van der Waals surface area contributed by atoms with Gasteiger partial charge in [-0.3, -0.25) is 14.8 Å². The SMILES string of the molecule is CC(C)(C)c1nnc(NC(=O)c2ccc(NS(=O)(=O)c3ccc(F)c(Cl)c3)cc2)s1. The highest BCUT2D eigenvalue weighted by Crippen LogP contribution is 2.28. The maximum Gasteiger partial charge on any atom is 0.261 e. The van der Waals surface area contributed by atoms with Crippen molar-refractivity contribution in [3.8, 4) is 0 Å². The summed E-state index contributed by atoms with van der Waals surface area (Å²) in [5, 5.41) is 11.6. The van der Waals surface area contributed by atoms with Gasteiger partial charge >= 0.3 is 0 Å². The molecular formula is C19H18ClFN4O3S2. The first-order valence-corrected chi connectivity index (χ1v) is 11.4. The minimum absolute atomic E-state index is 0.172. The predicted molar refractivity (Wildman–Crippen MR) is 115 cm³/mol. The second kappa shape index (κ2) is 8.29. The third kappa shape index (κ3) is 5.13. The Morgan fingerprint density at radius 3 is 2.33 bits per heavy atom. The van der Waals surface area contributed by atoms with Crippen LogP contribution in [-0.2, 0) is 15.4 Å². The Kier molecular flexibility index (Phi) is 6.11. The van der Waals surface area contributed by atoms with E-state index in [1.807, 2.05) is 20.8 Å². The highest BCUT2D eigenvalue weighted by molar-refractivity contribution is 7.92. The van der Waals surface area contributed by atoms with Crippen molar-refractivity contribution >= 4 is 49.7 Å². The molecule has 3 aromatic rings. The number of amides is 1. The van der Waals surface area contributed by atoms with Gasteiger partial charge in [0.25, 0.3) is 15.9 Å². The molecule has 0 unspecified atom stereocenters. The number of sulfonamides is 1. The van der Waals surface area contributed by atoms with Crippen molar-refractivity contribution in [1.82, 2.24) is 10.2 Å². The van der Waals surface area contributed by atoms with Crippen LogP contribution in [0.2, 0.25) is 5.02 Å². The minimum Gasteiger partial charge on any atom is -0.296 e. The van der Waals surface area contributed by atoms with E-state index in [0.717, 1.165) is 23.2 Å². The van der Waals surface area contributed by atoms with Gasteiger partial charge in [-0.25, -0.2) is 12.8 Å². The number of anilines is 2. The van der Waals surface area contributed by atoms with Crippen LogP contribution in [0, 0.1) is 5.82 Å². The molecule has 3 rings (SSSR count). The van der Waals surface area contributed by atoms with Crippen LogP contribution in [0.1, 0.15) is 36.1 Å². The number of carbonyl (C=O) groups is 1. The lowest BCUT2D eigenvalue weighted by Crippen LogP contribution is -2.14. The number of hydrogen-bond acceptors (Lipinski definition) is 6. The zero-order valence-corrected chi connectivity index (χ0v) is 18.6. The van der Waals surface area contributed by atoms with Crippen LogP contribution in [0.5, 0.6) is 0 Å². The van der Waals surface area contributed by atoms with Crippen LogP contribution >= 0.6 is 22.9 Å².